The van der Waals surface area contributed by atoms with Crippen LogP contribution in [0, 0.1) is 35.5 Å². The summed E-state index contributed by atoms with van der Waals surface area (Å²) in [6.07, 6.45) is 11.1. The van der Waals surface area contributed by atoms with Gasteiger partial charge in [0.15, 0.2) is 0 Å². The molecular formula is C60H76O20. The zero-order valence-corrected chi connectivity index (χ0v) is 46.0. The van der Waals surface area contributed by atoms with E-state index in [4.69, 9.17) is 47.4 Å². The van der Waals surface area contributed by atoms with Crippen LogP contribution in [0.2, 0.25) is 0 Å². The molecular weight excluding hydrogens is 1040 g/mol. The maximum Gasteiger partial charge on any atom is 0.342 e. The minimum atomic E-state index is -0.771. The fourth-order valence-electron chi connectivity index (χ4n) is 9.35. The number of ether oxygens (including phenoxy) is 10. The number of carbonyl (C=O) groups excluding carboxylic acids is 10. The number of carbonyl (C=O) groups is 10. The molecule has 20 nitrogen and oxygen atoms in total. The number of benzene rings is 2. The Morgan fingerprint density at radius 1 is 0.375 bits per heavy atom. The molecule has 0 spiro atoms. The number of unbranched alkanes of at least 4 members (excludes halogenated alkanes) is 4. The second-order valence-electron chi connectivity index (χ2n) is 20.1. The molecule has 0 amide bonds. The molecule has 0 bridgehead atoms. The Morgan fingerprint density at radius 2 is 0.650 bits per heavy atom. The molecule has 3 fully saturated rings. The molecule has 436 valence electrons. The van der Waals surface area contributed by atoms with Crippen LogP contribution in [0.15, 0.2) is 61.7 Å². The summed E-state index contributed by atoms with van der Waals surface area (Å²) >= 11 is 0. The summed E-state index contributed by atoms with van der Waals surface area (Å²) in [5.74, 6) is -8.77. The molecule has 5 rings (SSSR count). The fourth-order valence-corrected chi connectivity index (χ4v) is 9.35. The second-order valence-corrected chi connectivity index (χ2v) is 20.1. The zero-order valence-electron chi connectivity index (χ0n) is 46.0. The number of esters is 10. The van der Waals surface area contributed by atoms with Crippen molar-refractivity contribution in [3.8, 4) is 23.0 Å². The van der Waals surface area contributed by atoms with Crippen molar-refractivity contribution in [2.75, 3.05) is 39.6 Å². The molecule has 0 N–H and O–H groups in total. The predicted molar refractivity (Wildman–Crippen MR) is 285 cm³/mol. The third-order valence-corrected chi connectivity index (χ3v) is 14.2. The molecule has 0 atom stereocenters. The van der Waals surface area contributed by atoms with Gasteiger partial charge in [-0.15, -0.1) is 0 Å². The summed E-state index contributed by atoms with van der Waals surface area (Å²) in [5, 5.41) is 0. The molecule has 0 radical (unpaired) electrons. The van der Waals surface area contributed by atoms with Crippen LogP contribution < -0.4 is 18.9 Å². The van der Waals surface area contributed by atoms with Gasteiger partial charge in [0.1, 0.15) is 34.1 Å². The van der Waals surface area contributed by atoms with Gasteiger partial charge in [-0.3, -0.25) is 28.8 Å². The van der Waals surface area contributed by atoms with E-state index in [0.717, 1.165) is 25.0 Å². The minimum Gasteiger partial charge on any atom is -0.465 e. The van der Waals surface area contributed by atoms with Crippen LogP contribution in [0.4, 0.5) is 0 Å². The van der Waals surface area contributed by atoms with E-state index in [1.54, 1.807) is 0 Å². The lowest BCUT2D eigenvalue weighted by atomic mass is 9.82. The van der Waals surface area contributed by atoms with Crippen molar-refractivity contribution in [1.29, 1.82) is 0 Å². The van der Waals surface area contributed by atoms with E-state index in [1.807, 2.05) is 13.8 Å². The van der Waals surface area contributed by atoms with Crippen molar-refractivity contribution in [2.45, 2.75) is 142 Å². The van der Waals surface area contributed by atoms with Crippen LogP contribution in [-0.4, -0.2) is 99.3 Å². The summed E-state index contributed by atoms with van der Waals surface area (Å²) in [6.45, 7) is 11.5. The van der Waals surface area contributed by atoms with Crippen LogP contribution in [0.5, 0.6) is 23.0 Å². The molecule has 0 unspecified atom stereocenters. The Kier molecular flexibility index (Phi) is 26.9. The monoisotopic (exact) mass is 1120 g/mol. The van der Waals surface area contributed by atoms with E-state index in [2.05, 4.69) is 13.2 Å². The van der Waals surface area contributed by atoms with Gasteiger partial charge in [0.25, 0.3) is 0 Å². The summed E-state index contributed by atoms with van der Waals surface area (Å²) in [5.41, 5.74) is -0.219. The van der Waals surface area contributed by atoms with E-state index >= 15 is 0 Å². The Hall–Kier alpha value is -7.38. The van der Waals surface area contributed by atoms with Crippen molar-refractivity contribution in [1.82, 2.24) is 0 Å². The van der Waals surface area contributed by atoms with Crippen molar-refractivity contribution in [3.63, 3.8) is 0 Å². The van der Waals surface area contributed by atoms with Gasteiger partial charge < -0.3 is 47.4 Å². The maximum absolute atomic E-state index is 13.5. The lowest BCUT2D eigenvalue weighted by Gasteiger charge is -2.26. The molecule has 20 heteroatoms. The molecule has 0 aliphatic heterocycles. The van der Waals surface area contributed by atoms with Gasteiger partial charge >= 0.3 is 59.7 Å². The van der Waals surface area contributed by atoms with Crippen molar-refractivity contribution in [3.05, 3.63) is 72.8 Å². The standard InChI is InChI=1S/C60H76O20/c1-5-9-31-75-59(69)47-37-45(27-29-49(47)79-57(67)43-19-15-39(16-20-43)53(63)73-35-13-11-33-71-51(61)7-3)77-55(65)41-23-25-42(26-24-41)56(66)78-46-28-30-50(48(38-46)60(70)76-32-10-6-2)80-58(68)44-21-17-40(18-22-44)54(64)74-36-14-12-34-72-52(62)8-4/h7-8,27-30,37-44H,3-6,9-26,31-36H2,1-2H3. The number of hydrogen-bond acceptors (Lipinski definition) is 20. The summed E-state index contributed by atoms with van der Waals surface area (Å²) < 4.78 is 54.6. The highest BCUT2D eigenvalue weighted by atomic mass is 16.6. The van der Waals surface area contributed by atoms with Crippen LogP contribution >= 0.6 is 0 Å². The summed E-state index contributed by atoms with van der Waals surface area (Å²) in [6, 6.07) is 8.14. The molecule has 3 saturated carbocycles. The average Bonchev–Trinajstić information content (AvgIpc) is 3.47. The van der Waals surface area contributed by atoms with Gasteiger partial charge in [0.05, 0.1) is 75.1 Å². The smallest absolute Gasteiger partial charge is 0.342 e. The lowest BCUT2D eigenvalue weighted by Crippen LogP contribution is -2.30. The van der Waals surface area contributed by atoms with Crippen molar-refractivity contribution < 1.29 is 95.3 Å². The molecule has 0 heterocycles. The van der Waals surface area contributed by atoms with Crippen LogP contribution in [-0.2, 0) is 66.8 Å². The number of hydrogen-bond donors (Lipinski definition) is 0. The Balaban J connectivity index is 1.11. The predicted octanol–water partition coefficient (Wildman–Crippen LogP) is 9.45. The second kappa shape index (κ2) is 33.9. The third kappa shape index (κ3) is 20.7. The van der Waals surface area contributed by atoms with E-state index in [0.29, 0.717) is 89.9 Å². The topological polar surface area (TPSA) is 263 Å². The Labute approximate surface area is 466 Å². The third-order valence-electron chi connectivity index (χ3n) is 14.2. The minimum absolute atomic E-state index is 0.0225. The Morgan fingerprint density at radius 3 is 0.950 bits per heavy atom. The van der Waals surface area contributed by atoms with Gasteiger partial charge in [0.2, 0.25) is 0 Å². The summed E-state index contributed by atoms with van der Waals surface area (Å²) in [4.78, 5) is 128. The van der Waals surface area contributed by atoms with Crippen LogP contribution in [0.1, 0.15) is 163 Å². The molecule has 3 aliphatic rings. The zero-order chi connectivity index (χ0) is 57.8. The van der Waals surface area contributed by atoms with Crippen LogP contribution in [0.3, 0.4) is 0 Å². The molecule has 2 aromatic rings. The van der Waals surface area contributed by atoms with Crippen molar-refractivity contribution in [2.24, 2.45) is 35.5 Å². The van der Waals surface area contributed by atoms with Crippen LogP contribution in [0.25, 0.3) is 0 Å². The first-order valence-electron chi connectivity index (χ1n) is 28.0. The van der Waals surface area contributed by atoms with E-state index in [9.17, 15) is 47.9 Å². The average molecular weight is 1120 g/mol. The number of rotatable bonds is 30. The highest BCUT2D eigenvalue weighted by Gasteiger charge is 2.36. The molecule has 3 aliphatic carbocycles. The highest BCUT2D eigenvalue weighted by Crippen LogP contribution is 2.37. The Bertz CT molecular complexity index is 2300. The molecule has 0 aromatic heterocycles. The molecule has 0 saturated heterocycles. The molecule has 80 heavy (non-hydrogen) atoms. The van der Waals surface area contributed by atoms with Gasteiger partial charge in [-0.25, -0.2) is 19.2 Å². The van der Waals surface area contributed by atoms with E-state index < -0.39 is 71.4 Å². The van der Waals surface area contributed by atoms with Gasteiger partial charge in [-0.05, 0) is 152 Å². The fraction of sp³-hybridized carbons (Fsp3) is 0.567. The normalized spacial score (nSPS) is 19.6. The van der Waals surface area contributed by atoms with E-state index in [-0.39, 0.29) is 123 Å². The van der Waals surface area contributed by atoms with Gasteiger partial charge in [0, 0.05) is 12.2 Å². The van der Waals surface area contributed by atoms with Gasteiger partial charge in [-0.2, -0.15) is 0 Å². The first kappa shape index (κ1) is 63.5. The highest BCUT2D eigenvalue weighted by molar-refractivity contribution is 5.95. The maximum atomic E-state index is 13.5. The largest absolute Gasteiger partial charge is 0.465 e. The SMILES string of the molecule is C=CC(=O)OCCCCOC(=O)C1CCC(C(=O)Oc2ccc(OC(=O)C3CCC(C(=O)Oc4ccc(OC(=O)C5CCC(C(=O)OCCCCOC(=O)C=C)CC5)c(C(=O)OCCCC)c4)CC3)cc2C(=O)OCCCC)CC1. The first-order chi connectivity index (χ1) is 38.6. The van der Waals surface area contributed by atoms with Gasteiger partial charge in [-0.1, -0.05) is 39.8 Å². The summed E-state index contributed by atoms with van der Waals surface area (Å²) in [7, 11) is 0. The first-order valence-corrected chi connectivity index (χ1v) is 28.0. The van der Waals surface area contributed by atoms with E-state index in [1.165, 1.54) is 36.4 Å². The quantitative estimate of drug-likeness (QED) is 0.0232. The van der Waals surface area contributed by atoms with Crippen molar-refractivity contribution >= 4 is 59.7 Å². The molecule has 2 aromatic carbocycles. The lowest BCUT2D eigenvalue weighted by molar-refractivity contribution is -0.152.